The van der Waals surface area contributed by atoms with Crippen LogP contribution in [0, 0.1) is 13.8 Å². The Kier molecular flexibility index (Phi) is 5.08. The lowest BCUT2D eigenvalue weighted by molar-refractivity contribution is -0.119. The second-order valence-electron chi connectivity index (χ2n) is 6.94. The fourth-order valence-electron chi connectivity index (χ4n) is 3.30. The number of nitrogens with one attached hydrogen (secondary N) is 2. The second kappa shape index (κ2) is 7.53. The highest BCUT2D eigenvalue weighted by Crippen LogP contribution is 2.31. The van der Waals surface area contributed by atoms with Crippen LogP contribution in [0.1, 0.15) is 21.6 Å². The number of nitrogens with zero attached hydrogens (tertiary/aromatic N) is 1. The number of hydrogen-bond donors (Lipinski definition) is 2. The number of benzene rings is 2. The minimum absolute atomic E-state index is 0.186. The summed E-state index contributed by atoms with van der Waals surface area (Å²) in [5, 5.41) is 4.14. The van der Waals surface area contributed by atoms with E-state index in [4.69, 9.17) is 11.6 Å². The summed E-state index contributed by atoms with van der Waals surface area (Å²) < 4.78 is 0. The molecule has 5 nitrogen and oxygen atoms in total. The van der Waals surface area contributed by atoms with Gasteiger partial charge in [0.25, 0.3) is 5.91 Å². The summed E-state index contributed by atoms with van der Waals surface area (Å²) in [6, 6.07) is 12.8. The van der Waals surface area contributed by atoms with Crippen molar-refractivity contribution in [2.45, 2.75) is 19.9 Å². The van der Waals surface area contributed by atoms with Crippen LogP contribution in [0.15, 0.2) is 42.5 Å². The van der Waals surface area contributed by atoms with Crippen LogP contribution in [0.4, 0.5) is 5.69 Å². The number of aromatic nitrogens is 1. The molecular formula is C21H20ClN3O2S. The van der Waals surface area contributed by atoms with Gasteiger partial charge in [0.15, 0.2) is 0 Å². The van der Waals surface area contributed by atoms with Crippen molar-refractivity contribution < 1.29 is 9.59 Å². The van der Waals surface area contributed by atoms with Crippen molar-refractivity contribution in [2.24, 2.45) is 0 Å². The molecule has 1 atom stereocenters. The Bertz CT molecular complexity index is 1080. The van der Waals surface area contributed by atoms with E-state index in [0.717, 1.165) is 22.2 Å². The predicted octanol–water partition coefficient (Wildman–Crippen LogP) is 4.59. The molecule has 0 bridgehead atoms. The van der Waals surface area contributed by atoms with E-state index in [1.165, 1.54) is 5.56 Å². The topological polar surface area (TPSA) is 65.2 Å². The fourth-order valence-corrected chi connectivity index (χ4v) is 4.75. The Morgan fingerprint density at radius 3 is 2.71 bits per heavy atom. The van der Waals surface area contributed by atoms with Crippen molar-refractivity contribution in [1.29, 1.82) is 0 Å². The van der Waals surface area contributed by atoms with E-state index in [0.29, 0.717) is 22.3 Å². The minimum atomic E-state index is -0.540. The Labute approximate surface area is 172 Å². The van der Waals surface area contributed by atoms with Gasteiger partial charge >= 0.3 is 0 Å². The van der Waals surface area contributed by atoms with Crippen molar-refractivity contribution in [1.82, 2.24) is 9.88 Å². The normalized spacial score (nSPS) is 16.5. The zero-order valence-electron chi connectivity index (χ0n) is 15.6. The highest BCUT2D eigenvalue weighted by Gasteiger charge is 2.36. The zero-order valence-corrected chi connectivity index (χ0v) is 17.2. The Morgan fingerprint density at radius 2 is 1.96 bits per heavy atom. The first-order valence-electron chi connectivity index (χ1n) is 8.98. The number of para-hydroxylation sites is 1. The first-order chi connectivity index (χ1) is 13.5. The SMILES string of the molecule is Cc1ccc(NC(=O)C2CSCN2C(=O)c2[nH]c3ccccc3c2Cl)cc1C. The van der Waals surface area contributed by atoms with Crippen LogP contribution in [0.5, 0.6) is 0 Å². The molecule has 1 fully saturated rings. The van der Waals surface area contributed by atoms with Crippen LogP contribution in [0.2, 0.25) is 5.02 Å². The first-order valence-corrected chi connectivity index (χ1v) is 10.5. The molecule has 2 amide bonds. The molecule has 0 aliphatic carbocycles. The molecule has 0 saturated carbocycles. The third-order valence-corrected chi connectivity index (χ3v) is 6.48. The number of fused-ring (bicyclic) bond motifs is 1. The largest absolute Gasteiger partial charge is 0.349 e. The summed E-state index contributed by atoms with van der Waals surface area (Å²) in [5.74, 6) is 0.566. The molecular weight excluding hydrogens is 394 g/mol. The fraction of sp³-hybridized carbons (Fsp3) is 0.238. The Balaban J connectivity index is 1.56. The summed E-state index contributed by atoms with van der Waals surface area (Å²) in [4.78, 5) is 30.7. The van der Waals surface area contributed by atoms with Gasteiger partial charge in [0.1, 0.15) is 11.7 Å². The summed E-state index contributed by atoms with van der Waals surface area (Å²) >= 11 is 7.99. The third kappa shape index (κ3) is 3.38. The van der Waals surface area contributed by atoms with Gasteiger partial charge in [0.2, 0.25) is 5.91 Å². The van der Waals surface area contributed by atoms with Gasteiger partial charge in [-0.1, -0.05) is 35.9 Å². The van der Waals surface area contributed by atoms with Gasteiger partial charge in [0.05, 0.1) is 10.9 Å². The second-order valence-corrected chi connectivity index (χ2v) is 8.32. The van der Waals surface area contributed by atoms with E-state index in [1.807, 2.05) is 56.3 Å². The lowest BCUT2D eigenvalue weighted by Crippen LogP contribution is -2.44. The molecule has 1 aliphatic rings. The van der Waals surface area contributed by atoms with Gasteiger partial charge in [-0.3, -0.25) is 9.59 Å². The number of carbonyl (C=O) groups is 2. The number of rotatable bonds is 3. The smallest absolute Gasteiger partial charge is 0.273 e. The van der Waals surface area contributed by atoms with E-state index in [-0.39, 0.29) is 11.8 Å². The number of anilines is 1. The van der Waals surface area contributed by atoms with Crippen molar-refractivity contribution in [3.63, 3.8) is 0 Å². The van der Waals surface area contributed by atoms with Crippen LogP contribution in [0.3, 0.4) is 0 Å². The third-order valence-electron chi connectivity index (χ3n) is 5.08. The lowest BCUT2D eigenvalue weighted by atomic mass is 10.1. The Morgan fingerprint density at radius 1 is 1.18 bits per heavy atom. The van der Waals surface area contributed by atoms with Gasteiger partial charge < -0.3 is 15.2 Å². The minimum Gasteiger partial charge on any atom is -0.349 e. The maximum Gasteiger partial charge on any atom is 0.273 e. The number of halogens is 1. The monoisotopic (exact) mass is 413 g/mol. The van der Waals surface area contributed by atoms with Crippen LogP contribution in [-0.2, 0) is 4.79 Å². The van der Waals surface area contributed by atoms with Crippen molar-refractivity contribution in [2.75, 3.05) is 16.9 Å². The molecule has 7 heteroatoms. The predicted molar refractivity (Wildman–Crippen MR) is 115 cm³/mol. The van der Waals surface area contributed by atoms with Crippen LogP contribution in [0.25, 0.3) is 10.9 Å². The van der Waals surface area contributed by atoms with E-state index >= 15 is 0 Å². The van der Waals surface area contributed by atoms with E-state index in [2.05, 4.69) is 10.3 Å². The van der Waals surface area contributed by atoms with Crippen LogP contribution >= 0.6 is 23.4 Å². The van der Waals surface area contributed by atoms with Gasteiger partial charge in [-0.05, 0) is 43.2 Å². The quantitative estimate of drug-likeness (QED) is 0.659. The van der Waals surface area contributed by atoms with Crippen LogP contribution < -0.4 is 5.32 Å². The molecule has 2 N–H and O–H groups in total. The maximum absolute atomic E-state index is 13.1. The molecule has 2 heterocycles. The number of amides is 2. The molecule has 3 aromatic rings. The summed E-state index contributed by atoms with van der Waals surface area (Å²) in [6.45, 7) is 4.03. The highest BCUT2D eigenvalue weighted by molar-refractivity contribution is 7.99. The molecule has 4 rings (SSSR count). The number of H-pyrrole nitrogens is 1. The van der Waals surface area contributed by atoms with Crippen molar-refractivity contribution >= 4 is 51.8 Å². The van der Waals surface area contributed by atoms with Gasteiger partial charge in [0, 0.05) is 22.3 Å². The van der Waals surface area contributed by atoms with Crippen molar-refractivity contribution in [3.8, 4) is 0 Å². The van der Waals surface area contributed by atoms with Gasteiger partial charge in [-0.15, -0.1) is 11.8 Å². The number of aromatic amines is 1. The zero-order chi connectivity index (χ0) is 19.8. The molecule has 28 heavy (non-hydrogen) atoms. The number of thioether (sulfide) groups is 1. The van der Waals surface area contributed by atoms with E-state index in [9.17, 15) is 9.59 Å². The molecule has 0 spiro atoms. The van der Waals surface area contributed by atoms with Gasteiger partial charge in [-0.25, -0.2) is 0 Å². The molecule has 2 aromatic carbocycles. The Hall–Kier alpha value is -2.44. The molecule has 1 aromatic heterocycles. The van der Waals surface area contributed by atoms with Gasteiger partial charge in [-0.2, -0.15) is 0 Å². The number of carbonyl (C=O) groups excluding carboxylic acids is 2. The van der Waals surface area contributed by atoms with Crippen LogP contribution in [-0.4, -0.2) is 39.4 Å². The average Bonchev–Trinajstić information content (AvgIpc) is 3.30. The van der Waals surface area contributed by atoms with E-state index in [1.54, 1.807) is 16.7 Å². The van der Waals surface area contributed by atoms with E-state index < -0.39 is 6.04 Å². The highest BCUT2D eigenvalue weighted by atomic mass is 35.5. The standard InChI is InChI=1S/C21H20ClN3O2S/c1-12-7-8-14(9-13(12)2)23-20(26)17-10-28-11-25(17)21(27)19-18(22)15-5-3-4-6-16(15)24-19/h3-9,17,24H,10-11H2,1-2H3,(H,23,26). The lowest BCUT2D eigenvalue weighted by Gasteiger charge is -2.23. The number of hydrogen-bond acceptors (Lipinski definition) is 3. The molecule has 1 aliphatic heterocycles. The average molecular weight is 414 g/mol. The first kappa shape index (κ1) is 18.9. The molecule has 0 radical (unpaired) electrons. The molecule has 1 unspecified atom stereocenters. The summed E-state index contributed by atoms with van der Waals surface area (Å²) in [6.07, 6.45) is 0. The molecule has 1 saturated heterocycles. The summed E-state index contributed by atoms with van der Waals surface area (Å²) in [7, 11) is 0. The molecule has 144 valence electrons. The maximum atomic E-state index is 13.1. The summed E-state index contributed by atoms with van der Waals surface area (Å²) in [5.41, 5.74) is 4.14. The van der Waals surface area contributed by atoms with Crippen molar-refractivity contribution in [3.05, 3.63) is 64.3 Å². The number of aryl methyl sites for hydroxylation is 2.